The second-order valence-electron chi connectivity index (χ2n) is 4.90. The maximum absolute atomic E-state index is 11.9. The Morgan fingerprint density at radius 3 is 2.84 bits per heavy atom. The molecule has 19 heavy (non-hydrogen) atoms. The van der Waals surface area contributed by atoms with Crippen LogP contribution in [0.15, 0.2) is 22.6 Å². The van der Waals surface area contributed by atoms with Crippen molar-refractivity contribution in [3.8, 4) is 0 Å². The maximum Gasteiger partial charge on any atom is 0.241 e. The average Bonchev–Trinajstić information content (AvgIpc) is 2.79. The fourth-order valence-corrected chi connectivity index (χ4v) is 1.73. The van der Waals surface area contributed by atoms with Crippen molar-refractivity contribution in [2.75, 3.05) is 5.32 Å². The number of hydrogen-bond acceptors (Lipinski definition) is 4. The van der Waals surface area contributed by atoms with Gasteiger partial charge in [-0.1, -0.05) is 20.8 Å². The van der Waals surface area contributed by atoms with Crippen molar-refractivity contribution in [1.29, 1.82) is 0 Å². The third-order valence-electron chi connectivity index (χ3n) is 3.02. The van der Waals surface area contributed by atoms with Gasteiger partial charge in [-0.2, -0.15) is 0 Å². The van der Waals surface area contributed by atoms with Gasteiger partial charge >= 0.3 is 0 Å². The third-order valence-corrected chi connectivity index (χ3v) is 3.02. The number of oxazole rings is 1. The van der Waals surface area contributed by atoms with Gasteiger partial charge in [-0.15, -0.1) is 0 Å². The van der Waals surface area contributed by atoms with Crippen molar-refractivity contribution >= 4 is 22.7 Å². The lowest BCUT2D eigenvalue weighted by Gasteiger charge is -2.15. The Hall–Kier alpha value is -1.88. The van der Waals surface area contributed by atoms with Gasteiger partial charge in [0.25, 0.3) is 0 Å². The van der Waals surface area contributed by atoms with Crippen LogP contribution >= 0.6 is 0 Å². The third kappa shape index (κ3) is 2.93. The van der Waals surface area contributed by atoms with Gasteiger partial charge < -0.3 is 15.5 Å². The molecule has 1 aromatic carbocycles. The highest BCUT2D eigenvalue weighted by molar-refractivity contribution is 5.96. The Balaban J connectivity index is 2.19. The monoisotopic (exact) mass is 261 g/mol. The minimum absolute atomic E-state index is 0.0995. The summed E-state index contributed by atoms with van der Waals surface area (Å²) >= 11 is 0. The summed E-state index contributed by atoms with van der Waals surface area (Å²) in [6.07, 6.45) is 0.745. The van der Waals surface area contributed by atoms with Crippen molar-refractivity contribution in [2.24, 2.45) is 11.7 Å². The van der Waals surface area contributed by atoms with Gasteiger partial charge in [-0.05, 0) is 24.1 Å². The summed E-state index contributed by atoms with van der Waals surface area (Å²) in [4.78, 5) is 16.2. The van der Waals surface area contributed by atoms with Gasteiger partial charge in [0.1, 0.15) is 5.52 Å². The Morgan fingerprint density at radius 2 is 2.21 bits per heavy atom. The van der Waals surface area contributed by atoms with Crippen LogP contribution in [0.25, 0.3) is 11.1 Å². The van der Waals surface area contributed by atoms with Crippen LogP contribution in [0.4, 0.5) is 5.69 Å². The number of nitrogens with one attached hydrogen (secondary N) is 1. The summed E-state index contributed by atoms with van der Waals surface area (Å²) in [6.45, 7) is 5.81. The molecule has 0 aliphatic carbocycles. The summed E-state index contributed by atoms with van der Waals surface area (Å²) < 4.78 is 5.51. The van der Waals surface area contributed by atoms with Crippen molar-refractivity contribution in [2.45, 2.75) is 33.2 Å². The van der Waals surface area contributed by atoms with E-state index in [4.69, 9.17) is 10.2 Å². The Bertz CT molecular complexity index is 589. The van der Waals surface area contributed by atoms with Crippen molar-refractivity contribution in [3.05, 3.63) is 24.1 Å². The fraction of sp³-hybridized carbons (Fsp3) is 0.429. The first-order chi connectivity index (χ1) is 9.01. The number of nitrogens with two attached hydrogens (primary N) is 1. The number of nitrogens with zero attached hydrogens (tertiary/aromatic N) is 1. The molecule has 0 aliphatic rings. The van der Waals surface area contributed by atoms with Crippen LogP contribution in [-0.4, -0.2) is 16.9 Å². The second kappa shape index (κ2) is 5.40. The fourth-order valence-electron chi connectivity index (χ4n) is 1.73. The summed E-state index contributed by atoms with van der Waals surface area (Å²) in [5.41, 5.74) is 7.95. The van der Waals surface area contributed by atoms with E-state index >= 15 is 0 Å². The van der Waals surface area contributed by atoms with Gasteiger partial charge in [-0.3, -0.25) is 4.79 Å². The Kier molecular flexibility index (Phi) is 3.85. The lowest BCUT2D eigenvalue weighted by Crippen LogP contribution is -2.39. The number of rotatable bonds is 4. The van der Waals surface area contributed by atoms with Crippen LogP contribution in [0.2, 0.25) is 0 Å². The van der Waals surface area contributed by atoms with Gasteiger partial charge in [0.15, 0.2) is 11.5 Å². The molecule has 1 amide bonds. The first-order valence-corrected chi connectivity index (χ1v) is 6.47. The molecule has 0 saturated carbocycles. The zero-order valence-corrected chi connectivity index (χ0v) is 11.4. The van der Waals surface area contributed by atoms with Gasteiger partial charge in [0.2, 0.25) is 5.91 Å². The average molecular weight is 261 g/mol. The number of aromatic nitrogens is 1. The normalized spacial score (nSPS) is 12.9. The largest absolute Gasteiger partial charge is 0.441 e. The molecule has 3 N–H and O–H groups in total. The van der Waals surface area contributed by atoms with Crippen LogP contribution in [0.5, 0.6) is 0 Å². The Morgan fingerprint density at radius 1 is 1.47 bits per heavy atom. The van der Waals surface area contributed by atoms with Crippen LogP contribution in [0, 0.1) is 5.92 Å². The van der Waals surface area contributed by atoms with E-state index in [0.29, 0.717) is 11.6 Å². The molecule has 0 fully saturated rings. The predicted octanol–water partition coefficient (Wildman–Crippen LogP) is 2.31. The van der Waals surface area contributed by atoms with E-state index in [2.05, 4.69) is 10.3 Å². The molecule has 1 aromatic heterocycles. The van der Waals surface area contributed by atoms with E-state index < -0.39 is 6.04 Å². The molecule has 0 bridgehead atoms. The molecule has 102 valence electrons. The molecular weight excluding hydrogens is 242 g/mol. The zero-order chi connectivity index (χ0) is 14.0. The standard InChI is InChI=1S/C14H19N3O2/c1-4-12-17-10-7-9(5-6-11(10)19-12)16-14(18)13(15)8(2)3/h5-8,13H,4,15H2,1-3H3,(H,16,18)/t13-/m0/s1. The van der Waals surface area contributed by atoms with E-state index in [0.717, 1.165) is 17.5 Å². The van der Waals surface area contributed by atoms with E-state index in [9.17, 15) is 4.79 Å². The molecule has 2 aromatic rings. The number of aryl methyl sites for hydroxylation is 1. The van der Waals surface area contributed by atoms with Crippen molar-refractivity contribution in [1.82, 2.24) is 4.98 Å². The molecule has 0 aliphatic heterocycles. The first-order valence-electron chi connectivity index (χ1n) is 6.47. The zero-order valence-electron chi connectivity index (χ0n) is 11.4. The highest BCUT2D eigenvalue weighted by Crippen LogP contribution is 2.20. The second-order valence-corrected chi connectivity index (χ2v) is 4.90. The molecule has 0 radical (unpaired) electrons. The number of hydrogen-bond donors (Lipinski definition) is 2. The van der Waals surface area contributed by atoms with Gasteiger partial charge in [-0.25, -0.2) is 4.98 Å². The lowest BCUT2D eigenvalue weighted by molar-refractivity contribution is -0.118. The van der Waals surface area contributed by atoms with Crippen molar-refractivity contribution < 1.29 is 9.21 Å². The van der Waals surface area contributed by atoms with Crippen LogP contribution in [0.1, 0.15) is 26.7 Å². The summed E-state index contributed by atoms with van der Waals surface area (Å²) in [5.74, 6) is 0.605. The van der Waals surface area contributed by atoms with Crippen LogP contribution in [0.3, 0.4) is 0 Å². The Labute approximate surface area is 112 Å². The topological polar surface area (TPSA) is 81.2 Å². The minimum atomic E-state index is -0.515. The molecule has 1 heterocycles. The highest BCUT2D eigenvalue weighted by atomic mass is 16.3. The maximum atomic E-state index is 11.9. The molecule has 5 heteroatoms. The molecule has 2 rings (SSSR count). The van der Waals surface area contributed by atoms with E-state index in [1.807, 2.05) is 20.8 Å². The molecule has 0 unspecified atom stereocenters. The molecule has 0 spiro atoms. The number of amides is 1. The van der Waals surface area contributed by atoms with Crippen molar-refractivity contribution in [3.63, 3.8) is 0 Å². The van der Waals surface area contributed by atoms with Crippen LogP contribution in [-0.2, 0) is 11.2 Å². The molecule has 0 saturated heterocycles. The van der Waals surface area contributed by atoms with E-state index in [1.165, 1.54) is 0 Å². The first kappa shape index (κ1) is 13.5. The quantitative estimate of drug-likeness (QED) is 0.885. The van der Waals surface area contributed by atoms with Gasteiger partial charge in [0.05, 0.1) is 6.04 Å². The number of benzene rings is 1. The summed E-state index contributed by atoms with van der Waals surface area (Å²) in [7, 11) is 0. The summed E-state index contributed by atoms with van der Waals surface area (Å²) in [6, 6.07) is 4.87. The number of anilines is 1. The lowest BCUT2D eigenvalue weighted by atomic mass is 10.0. The minimum Gasteiger partial charge on any atom is -0.441 e. The molecule has 5 nitrogen and oxygen atoms in total. The number of carbonyl (C=O) groups excluding carboxylic acids is 1. The SMILES string of the molecule is CCc1nc2cc(NC(=O)[C@@H](N)C(C)C)ccc2o1. The summed E-state index contributed by atoms with van der Waals surface area (Å²) in [5, 5.41) is 2.80. The van der Waals surface area contributed by atoms with Crippen LogP contribution < -0.4 is 11.1 Å². The smallest absolute Gasteiger partial charge is 0.241 e. The highest BCUT2D eigenvalue weighted by Gasteiger charge is 2.17. The molecule has 1 atom stereocenters. The van der Waals surface area contributed by atoms with E-state index in [-0.39, 0.29) is 11.8 Å². The van der Waals surface area contributed by atoms with Gasteiger partial charge in [0, 0.05) is 12.1 Å². The molecular formula is C14H19N3O2. The number of fused-ring (bicyclic) bond motifs is 1. The predicted molar refractivity (Wildman–Crippen MR) is 74.8 cm³/mol. The van der Waals surface area contributed by atoms with E-state index in [1.54, 1.807) is 18.2 Å². The number of carbonyl (C=O) groups is 1.